The molecule has 44 valence electrons. The monoisotopic (exact) mass is 114 g/mol. The Morgan fingerprint density at radius 3 is 3.00 bits per heavy atom. The van der Waals surface area contributed by atoms with Gasteiger partial charge in [-0.05, 0) is 6.08 Å². The van der Waals surface area contributed by atoms with Gasteiger partial charge in [0.1, 0.15) is 0 Å². The second-order valence-corrected chi connectivity index (χ2v) is 1.43. The molecule has 0 bridgehead atoms. The molecule has 1 aliphatic heterocycles. The first kappa shape index (κ1) is 5.11. The molecule has 0 aliphatic carbocycles. The number of rotatable bonds is 0. The van der Waals surface area contributed by atoms with Gasteiger partial charge in [0.25, 0.3) is 0 Å². The second kappa shape index (κ2) is 1.83. The van der Waals surface area contributed by atoms with E-state index in [-0.39, 0.29) is 6.54 Å². The van der Waals surface area contributed by atoms with Gasteiger partial charge in [-0.15, -0.1) is 0 Å². The molecule has 0 fully saturated rings. The van der Waals surface area contributed by atoms with E-state index in [4.69, 9.17) is 5.21 Å². The van der Waals surface area contributed by atoms with Gasteiger partial charge < -0.3 is 5.32 Å². The molecule has 0 saturated carbocycles. The molecule has 1 heterocycles. The number of hydrogen-bond donors (Lipinski definition) is 2. The summed E-state index contributed by atoms with van der Waals surface area (Å²) in [5.41, 5.74) is 0. The van der Waals surface area contributed by atoms with Crippen LogP contribution in [0.3, 0.4) is 0 Å². The van der Waals surface area contributed by atoms with E-state index in [1.807, 2.05) is 0 Å². The third-order valence-electron chi connectivity index (χ3n) is 0.837. The van der Waals surface area contributed by atoms with Crippen LogP contribution in [0.5, 0.6) is 0 Å². The molecular formula is C4H6N2O2. The quantitative estimate of drug-likeness (QED) is 0.432. The van der Waals surface area contributed by atoms with E-state index in [0.29, 0.717) is 5.06 Å². The van der Waals surface area contributed by atoms with Crippen LogP contribution in [0.2, 0.25) is 0 Å². The van der Waals surface area contributed by atoms with Crippen LogP contribution in [-0.2, 0) is 0 Å². The summed E-state index contributed by atoms with van der Waals surface area (Å²) < 4.78 is 0. The van der Waals surface area contributed by atoms with E-state index in [2.05, 4.69) is 5.32 Å². The third-order valence-corrected chi connectivity index (χ3v) is 0.837. The van der Waals surface area contributed by atoms with Crippen molar-refractivity contribution in [1.29, 1.82) is 0 Å². The zero-order valence-corrected chi connectivity index (χ0v) is 4.16. The standard InChI is InChI=1S/C4H6N2O2/c7-4-5-2-1-3-6(4)8/h1-2,8H,3H2,(H,5,7). The van der Waals surface area contributed by atoms with E-state index in [1.165, 1.54) is 6.20 Å². The van der Waals surface area contributed by atoms with Crippen molar-refractivity contribution in [2.24, 2.45) is 0 Å². The molecule has 0 aromatic carbocycles. The number of nitrogens with one attached hydrogen (secondary N) is 1. The van der Waals surface area contributed by atoms with Crippen molar-refractivity contribution >= 4 is 6.03 Å². The van der Waals surface area contributed by atoms with Gasteiger partial charge in [0, 0.05) is 6.20 Å². The normalized spacial score (nSPS) is 18.6. The minimum absolute atomic E-state index is 0.270. The van der Waals surface area contributed by atoms with Gasteiger partial charge in [0.2, 0.25) is 0 Å². The molecule has 2 N–H and O–H groups in total. The zero-order valence-electron chi connectivity index (χ0n) is 4.16. The van der Waals surface area contributed by atoms with Crippen molar-refractivity contribution in [2.45, 2.75) is 0 Å². The first-order chi connectivity index (χ1) is 3.80. The Labute approximate surface area is 46.4 Å². The number of carbonyl (C=O) groups is 1. The Hall–Kier alpha value is -1.03. The summed E-state index contributed by atoms with van der Waals surface area (Å²) in [6.07, 6.45) is 3.14. The number of urea groups is 1. The molecular weight excluding hydrogens is 108 g/mol. The Bertz CT molecular complexity index is 132. The minimum atomic E-state index is -0.479. The predicted octanol–water partition coefficient (Wildman–Crippen LogP) is -0.0855. The molecule has 0 atom stereocenters. The topological polar surface area (TPSA) is 52.6 Å². The summed E-state index contributed by atoms with van der Waals surface area (Å²) in [4.78, 5) is 10.3. The predicted molar refractivity (Wildman–Crippen MR) is 26.2 cm³/mol. The molecule has 1 rings (SSSR count). The highest BCUT2D eigenvalue weighted by molar-refractivity contribution is 5.74. The van der Waals surface area contributed by atoms with Crippen LogP contribution < -0.4 is 5.32 Å². The maximum Gasteiger partial charge on any atom is 0.345 e. The SMILES string of the molecule is O=C1NC=CCN1O. The first-order valence-corrected chi connectivity index (χ1v) is 2.22. The van der Waals surface area contributed by atoms with Crippen LogP contribution in [0, 0.1) is 0 Å². The maximum absolute atomic E-state index is 10.3. The lowest BCUT2D eigenvalue weighted by molar-refractivity contribution is -0.0340. The van der Waals surface area contributed by atoms with Crippen LogP contribution in [0.25, 0.3) is 0 Å². The van der Waals surface area contributed by atoms with Crippen LogP contribution in [0.4, 0.5) is 4.79 Å². The summed E-state index contributed by atoms with van der Waals surface area (Å²) in [7, 11) is 0. The highest BCUT2D eigenvalue weighted by atomic mass is 16.5. The summed E-state index contributed by atoms with van der Waals surface area (Å²) in [6.45, 7) is 0.270. The smallest absolute Gasteiger partial charge is 0.313 e. The average Bonchev–Trinajstić information content (AvgIpc) is 1.77. The van der Waals surface area contributed by atoms with Gasteiger partial charge in [0.05, 0.1) is 6.54 Å². The Balaban J connectivity index is 2.57. The Kier molecular flexibility index (Phi) is 1.17. The van der Waals surface area contributed by atoms with E-state index in [0.717, 1.165) is 0 Å². The third kappa shape index (κ3) is 0.788. The lowest BCUT2D eigenvalue weighted by Gasteiger charge is -2.15. The molecule has 0 radical (unpaired) electrons. The number of hydroxylamine groups is 2. The minimum Gasteiger partial charge on any atom is -0.313 e. The van der Waals surface area contributed by atoms with Crippen molar-refractivity contribution < 1.29 is 10.0 Å². The highest BCUT2D eigenvalue weighted by Gasteiger charge is 2.08. The lowest BCUT2D eigenvalue weighted by Crippen LogP contribution is -2.38. The van der Waals surface area contributed by atoms with Crippen LogP contribution in [-0.4, -0.2) is 22.8 Å². The summed E-state index contributed by atoms with van der Waals surface area (Å²) in [5.74, 6) is 0. The molecule has 0 aromatic heterocycles. The van der Waals surface area contributed by atoms with Crippen molar-refractivity contribution in [3.05, 3.63) is 12.3 Å². The fourth-order valence-electron chi connectivity index (χ4n) is 0.440. The molecule has 0 aromatic rings. The summed E-state index contributed by atoms with van der Waals surface area (Å²) in [6, 6.07) is -0.479. The second-order valence-electron chi connectivity index (χ2n) is 1.43. The van der Waals surface area contributed by atoms with Crippen LogP contribution in [0.1, 0.15) is 0 Å². The molecule has 0 spiro atoms. The number of hydrogen-bond acceptors (Lipinski definition) is 2. The van der Waals surface area contributed by atoms with Crippen LogP contribution >= 0.6 is 0 Å². The molecule has 0 unspecified atom stereocenters. The van der Waals surface area contributed by atoms with Crippen molar-refractivity contribution in [3.63, 3.8) is 0 Å². The molecule has 2 amide bonds. The Morgan fingerprint density at radius 1 is 1.88 bits per heavy atom. The summed E-state index contributed by atoms with van der Waals surface area (Å²) in [5, 5.41) is 11.4. The van der Waals surface area contributed by atoms with Gasteiger partial charge in [-0.25, -0.2) is 9.86 Å². The Morgan fingerprint density at radius 2 is 2.62 bits per heavy atom. The molecule has 0 saturated heterocycles. The van der Waals surface area contributed by atoms with Crippen LogP contribution in [0.15, 0.2) is 12.3 Å². The molecule has 4 heteroatoms. The zero-order chi connectivity index (χ0) is 5.98. The number of amides is 2. The average molecular weight is 114 g/mol. The molecule has 1 aliphatic rings. The highest BCUT2D eigenvalue weighted by Crippen LogP contribution is 1.88. The fourth-order valence-corrected chi connectivity index (χ4v) is 0.440. The fraction of sp³-hybridized carbons (Fsp3) is 0.250. The van der Waals surface area contributed by atoms with Gasteiger partial charge in [-0.2, -0.15) is 0 Å². The van der Waals surface area contributed by atoms with Crippen molar-refractivity contribution in [3.8, 4) is 0 Å². The number of carbonyl (C=O) groups excluding carboxylic acids is 1. The largest absolute Gasteiger partial charge is 0.345 e. The van der Waals surface area contributed by atoms with E-state index in [9.17, 15) is 4.79 Å². The van der Waals surface area contributed by atoms with E-state index in [1.54, 1.807) is 6.08 Å². The van der Waals surface area contributed by atoms with Gasteiger partial charge in [0.15, 0.2) is 0 Å². The van der Waals surface area contributed by atoms with Gasteiger partial charge in [-0.3, -0.25) is 5.21 Å². The molecule has 4 nitrogen and oxygen atoms in total. The van der Waals surface area contributed by atoms with E-state index >= 15 is 0 Å². The van der Waals surface area contributed by atoms with Gasteiger partial charge in [-0.1, -0.05) is 0 Å². The van der Waals surface area contributed by atoms with Gasteiger partial charge >= 0.3 is 6.03 Å². The van der Waals surface area contributed by atoms with Crippen molar-refractivity contribution in [2.75, 3.05) is 6.54 Å². The van der Waals surface area contributed by atoms with Crippen molar-refractivity contribution in [1.82, 2.24) is 10.4 Å². The number of nitrogens with zero attached hydrogens (tertiary/aromatic N) is 1. The van der Waals surface area contributed by atoms with E-state index < -0.39 is 6.03 Å². The maximum atomic E-state index is 10.3. The lowest BCUT2D eigenvalue weighted by atomic mass is 10.5. The molecule has 8 heavy (non-hydrogen) atoms. The summed E-state index contributed by atoms with van der Waals surface area (Å²) >= 11 is 0. The first-order valence-electron chi connectivity index (χ1n) is 2.22.